The normalized spacial score (nSPS) is 14.9. The Morgan fingerprint density at radius 3 is 2.89 bits per heavy atom. The molecule has 2 aromatic rings. The fourth-order valence-electron chi connectivity index (χ4n) is 2.08. The van der Waals surface area contributed by atoms with Gasteiger partial charge in [-0.1, -0.05) is 5.21 Å². The predicted molar refractivity (Wildman–Crippen MR) is 61.3 cm³/mol. The van der Waals surface area contributed by atoms with Crippen LogP contribution in [0.5, 0.6) is 0 Å². The molecule has 1 saturated carbocycles. The molecular formula is C11H13N5O2. The van der Waals surface area contributed by atoms with Crippen molar-refractivity contribution in [1.29, 1.82) is 0 Å². The highest BCUT2D eigenvalue weighted by atomic mass is 16.4. The largest absolute Gasteiger partial charge is 0.476 e. The second kappa shape index (κ2) is 3.94. The standard InChI is InChI=1S/C11H13N5O2/c1-15-5-7(4-12-15)6-16-10(8-2-3-8)9(11(17)18)13-14-16/h4-5,8H,2-3,6H2,1H3,(H,17,18). The van der Waals surface area contributed by atoms with Crippen LogP contribution in [0.2, 0.25) is 0 Å². The van der Waals surface area contributed by atoms with E-state index in [4.69, 9.17) is 5.11 Å². The SMILES string of the molecule is Cn1cc(Cn2nnc(C(=O)O)c2C2CC2)cn1. The van der Waals surface area contributed by atoms with Gasteiger partial charge in [-0.2, -0.15) is 5.10 Å². The molecule has 0 spiro atoms. The Kier molecular flexibility index (Phi) is 2.39. The number of aryl methyl sites for hydroxylation is 1. The van der Waals surface area contributed by atoms with Crippen LogP contribution in [0.3, 0.4) is 0 Å². The molecule has 0 saturated heterocycles. The molecule has 0 radical (unpaired) electrons. The van der Waals surface area contributed by atoms with E-state index in [0.717, 1.165) is 24.1 Å². The summed E-state index contributed by atoms with van der Waals surface area (Å²) in [5.74, 6) is -0.711. The highest BCUT2D eigenvalue weighted by Gasteiger charge is 2.33. The summed E-state index contributed by atoms with van der Waals surface area (Å²) in [6.45, 7) is 0.514. The van der Waals surface area contributed by atoms with Crippen molar-refractivity contribution in [2.75, 3.05) is 0 Å². The van der Waals surface area contributed by atoms with E-state index in [1.54, 1.807) is 15.6 Å². The highest BCUT2D eigenvalue weighted by Crippen LogP contribution is 2.41. The molecule has 2 heterocycles. The molecule has 18 heavy (non-hydrogen) atoms. The average molecular weight is 247 g/mol. The Balaban J connectivity index is 1.94. The molecule has 0 aromatic carbocycles. The average Bonchev–Trinajstić information content (AvgIpc) is 2.94. The van der Waals surface area contributed by atoms with Crippen LogP contribution in [0.15, 0.2) is 12.4 Å². The third kappa shape index (κ3) is 1.87. The number of carboxylic acid groups (broad SMARTS) is 1. The number of nitrogens with zero attached hydrogens (tertiary/aromatic N) is 5. The second-order valence-corrected chi connectivity index (χ2v) is 4.58. The first-order valence-electron chi connectivity index (χ1n) is 5.79. The van der Waals surface area contributed by atoms with E-state index in [9.17, 15) is 4.79 Å². The van der Waals surface area contributed by atoms with Crippen molar-refractivity contribution >= 4 is 5.97 Å². The number of aromatic carboxylic acids is 1. The summed E-state index contributed by atoms with van der Waals surface area (Å²) in [6.07, 6.45) is 5.67. The maximum atomic E-state index is 11.1. The van der Waals surface area contributed by atoms with E-state index in [1.807, 2.05) is 13.2 Å². The molecule has 0 atom stereocenters. The van der Waals surface area contributed by atoms with Crippen LogP contribution in [0.25, 0.3) is 0 Å². The van der Waals surface area contributed by atoms with Gasteiger partial charge in [0.2, 0.25) is 0 Å². The van der Waals surface area contributed by atoms with E-state index >= 15 is 0 Å². The van der Waals surface area contributed by atoms with Crippen LogP contribution in [0.1, 0.15) is 40.5 Å². The third-order valence-electron chi connectivity index (χ3n) is 3.03. The molecule has 0 bridgehead atoms. The minimum absolute atomic E-state index is 0.0846. The third-order valence-corrected chi connectivity index (χ3v) is 3.03. The van der Waals surface area contributed by atoms with Gasteiger partial charge in [0.05, 0.1) is 18.4 Å². The fraction of sp³-hybridized carbons (Fsp3) is 0.455. The lowest BCUT2D eigenvalue weighted by molar-refractivity contribution is 0.0689. The quantitative estimate of drug-likeness (QED) is 0.856. The molecule has 0 amide bonds. The highest BCUT2D eigenvalue weighted by molar-refractivity contribution is 5.86. The van der Waals surface area contributed by atoms with Gasteiger partial charge in [-0.15, -0.1) is 5.10 Å². The van der Waals surface area contributed by atoms with Gasteiger partial charge in [-0.05, 0) is 12.8 Å². The van der Waals surface area contributed by atoms with Gasteiger partial charge >= 0.3 is 5.97 Å². The maximum absolute atomic E-state index is 11.1. The van der Waals surface area contributed by atoms with Crippen LogP contribution >= 0.6 is 0 Å². The number of hydrogen-bond acceptors (Lipinski definition) is 4. The Labute approximate surface area is 103 Å². The van der Waals surface area contributed by atoms with Gasteiger partial charge in [0, 0.05) is 24.7 Å². The zero-order valence-corrected chi connectivity index (χ0v) is 9.94. The van der Waals surface area contributed by atoms with Crippen molar-refractivity contribution in [2.45, 2.75) is 25.3 Å². The number of aromatic nitrogens is 5. The van der Waals surface area contributed by atoms with E-state index in [-0.39, 0.29) is 5.69 Å². The topological polar surface area (TPSA) is 85.8 Å². The lowest BCUT2D eigenvalue weighted by atomic mass is 10.2. The van der Waals surface area contributed by atoms with Crippen molar-refractivity contribution < 1.29 is 9.90 Å². The molecule has 7 nitrogen and oxygen atoms in total. The molecule has 1 aliphatic carbocycles. The van der Waals surface area contributed by atoms with E-state index in [1.165, 1.54) is 0 Å². The fourth-order valence-corrected chi connectivity index (χ4v) is 2.08. The summed E-state index contributed by atoms with van der Waals surface area (Å²) in [6, 6.07) is 0. The molecule has 1 N–H and O–H groups in total. The predicted octanol–water partition coefficient (Wildman–Crippen LogP) is 0.635. The van der Waals surface area contributed by atoms with Crippen molar-refractivity contribution in [2.24, 2.45) is 7.05 Å². The number of carbonyl (C=O) groups is 1. The second-order valence-electron chi connectivity index (χ2n) is 4.58. The first-order valence-corrected chi connectivity index (χ1v) is 5.79. The van der Waals surface area contributed by atoms with Gasteiger partial charge in [0.1, 0.15) is 0 Å². The summed E-state index contributed by atoms with van der Waals surface area (Å²) in [4.78, 5) is 11.1. The molecule has 1 fully saturated rings. The summed E-state index contributed by atoms with van der Waals surface area (Å²) < 4.78 is 3.39. The molecule has 1 aliphatic rings. The zero-order chi connectivity index (χ0) is 12.7. The van der Waals surface area contributed by atoms with Gasteiger partial charge < -0.3 is 5.11 Å². The van der Waals surface area contributed by atoms with Gasteiger partial charge in [-0.25, -0.2) is 9.48 Å². The smallest absolute Gasteiger partial charge is 0.358 e. The monoisotopic (exact) mass is 247 g/mol. The van der Waals surface area contributed by atoms with Gasteiger partial charge in [0.25, 0.3) is 0 Å². The minimum Gasteiger partial charge on any atom is -0.476 e. The van der Waals surface area contributed by atoms with Crippen molar-refractivity contribution in [3.8, 4) is 0 Å². The van der Waals surface area contributed by atoms with Gasteiger partial charge in [0.15, 0.2) is 5.69 Å². The number of hydrogen-bond donors (Lipinski definition) is 1. The van der Waals surface area contributed by atoms with Crippen molar-refractivity contribution in [3.05, 3.63) is 29.3 Å². The summed E-state index contributed by atoms with van der Waals surface area (Å²) in [7, 11) is 1.84. The minimum atomic E-state index is -1.01. The zero-order valence-electron chi connectivity index (χ0n) is 9.94. The van der Waals surface area contributed by atoms with Crippen LogP contribution in [-0.2, 0) is 13.6 Å². The summed E-state index contributed by atoms with van der Waals surface area (Å²) in [5, 5.41) is 20.9. The summed E-state index contributed by atoms with van der Waals surface area (Å²) >= 11 is 0. The first-order chi connectivity index (χ1) is 8.65. The van der Waals surface area contributed by atoms with E-state index in [0.29, 0.717) is 12.5 Å². The van der Waals surface area contributed by atoms with Crippen LogP contribution in [0, 0.1) is 0 Å². The molecule has 3 rings (SSSR count). The van der Waals surface area contributed by atoms with Crippen molar-refractivity contribution in [3.63, 3.8) is 0 Å². The molecular weight excluding hydrogens is 234 g/mol. The van der Waals surface area contributed by atoms with E-state index in [2.05, 4.69) is 15.4 Å². The van der Waals surface area contributed by atoms with Crippen LogP contribution in [0.4, 0.5) is 0 Å². The molecule has 0 aliphatic heterocycles. The number of rotatable bonds is 4. The maximum Gasteiger partial charge on any atom is 0.358 e. The Bertz CT molecular complexity index is 596. The Morgan fingerprint density at radius 2 is 2.33 bits per heavy atom. The lowest BCUT2D eigenvalue weighted by Gasteiger charge is -2.03. The molecule has 94 valence electrons. The van der Waals surface area contributed by atoms with Crippen LogP contribution in [-0.4, -0.2) is 35.9 Å². The van der Waals surface area contributed by atoms with Crippen LogP contribution < -0.4 is 0 Å². The number of carboxylic acids is 1. The summed E-state index contributed by atoms with van der Waals surface area (Å²) in [5.41, 5.74) is 1.81. The van der Waals surface area contributed by atoms with E-state index < -0.39 is 5.97 Å². The Morgan fingerprint density at radius 1 is 1.56 bits per heavy atom. The van der Waals surface area contributed by atoms with Gasteiger partial charge in [-0.3, -0.25) is 4.68 Å². The lowest BCUT2D eigenvalue weighted by Crippen LogP contribution is -2.08. The molecule has 2 aromatic heterocycles. The molecule has 7 heteroatoms. The first kappa shape index (κ1) is 10.9. The molecule has 0 unspecified atom stereocenters. The Hall–Kier alpha value is -2.18. The van der Waals surface area contributed by atoms with Crippen molar-refractivity contribution in [1.82, 2.24) is 24.8 Å².